The van der Waals surface area contributed by atoms with E-state index in [0.29, 0.717) is 12.4 Å². The summed E-state index contributed by atoms with van der Waals surface area (Å²) >= 11 is 0. The van der Waals surface area contributed by atoms with E-state index in [2.05, 4.69) is 4.98 Å². The highest BCUT2D eigenvalue weighted by Crippen LogP contribution is 2.29. The third kappa shape index (κ3) is 4.87. The summed E-state index contributed by atoms with van der Waals surface area (Å²) in [5, 5.41) is 10.7. The summed E-state index contributed by atoms with van der Waals surface area (Å²) < 4.78 is 10.6. The molecule has 2 aromatic rings. The van der Waals surface area contributed by atoms with Gasteiger partial charge in [0.15, 0.2) is 0 Å². The molecule has 0 saturated heterocycles. The minimum absolute atomic E-state index is 0.0970. The van der Waals surface area contributed by atoms with E-state index < -0.39 is 10.9 Å². The molecular weight excluding hydrogens is 324 g/mol. The van der Waals surface area contributed by atoms with Gasteiger partial charge in [-0.15, -0.1) is 0 Å². The molecule has 0 aliphatic heterocycles. The van der Waals surface area contributed by atoms with Gasteiger partial charge in [-0.3, -0.25) is 10.1 Å². The molecule has 1 heterocycles. The second-order valence-corrected chi connectivity index (χ2v) is 5.28. The Hall–Kier alpha value is -3.22. The maximum atomic E-state index is 11.4. The normalized spacial score (nSPS) is 10.7. The van der Waals surface area contributed by atoms with E-state index in [9.17, 15) is 14.9 Å². The van der Waals surface area contributed by atoms with Gasteiger partial charge >= 0.3 is 5.97 Å². The first-order valence-corrected chi connectivity index (χ1v) is 7.65. The van der Waals surface area contributed by atoms with E-state index in [1.807, 2.05) is 26.0 Å². The largest absolute Gasteiger partial charge is 0.463 e. The van der Waals surface area contributed by atoms with E-state index >= 15 is 0 Å². The molecule has 1 aromatic carbocycles. The molecule has 0 saturated carbocycles. The number of benzene rings is 1. The van der Waals surface area contributed by atoms with Crippen LogP contribution in [-0.2, 0) is 9.53 Å². The van der Waals surface area contributed by atoms with Crippen molar-refractivity contribution >= 4 is 17.7 Å². The first kappa shape index (κ1) is 18.1. The first-order chi connectivity index (χ1) is 11.9. The topological polar surface area (TPSA) is 91.6 Å². The zero-order valence-electron chi connectivity index (χ0n) is 14.2. The molecule has 7 nitrogen and oxygen atoms in total. The third-order valence-electron chi connectivity index (χ3n) is 3.32. The fraction of sp³-hybridized carbons (Fsp3) is 0.222. The van der Waals surface area contributed by atoms with Gasteiger partial charge in [0.2, 0.25) is 5.88 Å². The van der Waals surface area contributed by atoms with E-state index in [0.717, 1.165) is 22.9 Å². The van der Waals surface area contributed by atoms with Gasteiger partial charge in [0.25, 0.3) is 5.69 Å². The van der Waals surface area contributed by atoms with Crippen LogP contribution in [0.3, 0.4) is 0 Å². The molecule has 0 spiro atoms. The predicted molar refractivity (Wildman–Crippen MR) is 92.5 cm³/mol. The maximum absolute atomic E-state index is 11.4. The molecule has 0 aliphatic rings. The van der Waals surface area contributed by atoms with E-state index in [4.69, 9.17) is 9.47 Å². The van der Waals surface area contributed by atoms with Crippen molar-refractivity contribution in [1.29, 1.82) is 0 Å². The summed E-state index contributed by atoms with van der Waals surface area (Å²) in [5.74, 6) is 0.495. The van der Waals surface area contributed by atoms with Crippen molar-refractivity contribution in [1.82, 2.24) is 4.98 Å². The fourth-order valence-corrected chi connectivity index (χ4v) is 2.24. The molecule has 130 valence electrons. The third-order valence-corrected chi connectivity index (χ3v) is 3.32. The van der Waals surface area contributed by atoms with Crippen LogP contribution in [0, 0.1) is 24.0 Å². The number of pyridine rings is 1. The lowest BCUT2D eigenvalue weighted by atomic mass is 10.1. The van der Waals surface area contributed by atoms with Gasteiger partial charge in [-0.1, -0.05) is 0 Å². The van der Waals surface area contributed by atoms with Crippen LogP contribution in [-0.4, -0.2) is 22.5 Å². The van der Waals surface area contributed by atoms with Gasteiger partial charge in [0.05, 0.1) is 11.5 Å². The average Bonchev–Trinajstić information content (AvgIpc) is 2.57. The number of carbonyl (C=O) groups is 1. The van der Waals surface area contributed by atoms with Crippen molar-refractivity contribution < 1.29 is 19.2 Å². The number of ether oxygens (including phenoxy) is 2. The van der Waals surface area contributed by atoms with Gasteiger partial charge in [-0.05, 0) is 55.7 Å². The second-order valence-electron chi connectivity index (χ2n) is 5.28. The minimum atomic E-state index is -0.516. The Morgan fingerprint density at radius 2 is 1.96 bits per heavy atom. The molecule has 25 heavy (non-hydrogen) atoms. The van der Waals surface area contributed by atoms with Crippen molar-refractivity contribution in [2.45, 2.75) is 20.8 Å². The van der Waals surface area contributed by atoms with E-state index in [1.54, 1.807) is 13.0 Å². The molecule has 0 aliphatic carbocycles. The zero-order chi connectivity index (χ0) is 18.4. The zero-order valence-corrected chi connectivity index (χ0v) is 14.2. The van der Waals surface area contributed by atoms with Crippen LogP contribution >= 0.6 is 0 Å². The maximum Gasteiger partial charge on any atom is 0.330 e. The average molecular weight is 342 g/mol. The summed E-state index contributed by atoms with van der Waals surface area (Å²) in [5.41, 5.74) is 2.44. The van der Waals surface area contributed by atoms with Crippen molar-refractivity contribution in [3.8, 4) is 11.6 Å². The van der Waals surface area contributed by atoms with Gasteiger partial charge in [0, 0.05) is 18.2 Å². The fourth-order valence-electron chi connectivity index (χ4n) is 2.24. The van der Waals surface area contributed by atoms with Gasteiger partial charge in [-0.25, -0.2) is 9.78 Å². The van der Waals surface area contributed by atoms with Gasteiger partial charge < -0.3 is 9.47 Å². The Morgan fingerprint density at radius 3 is 2.48 bits per heavy atom. The first-order valence-electron chi connectivity index (χ1n) is 7.65. The number of esters is 1. The Balaban J connectivity index is 2.19. The standard InChI is InChI=1S/C18H18N2O5/c1-4-24-17(21)8-5-14-9-12(2)18(13(3)10-14)25-16-7-6-15(11-19-16)20(22)23/h5-11H,4H2,1-3H3/b8-5+. The van der Waals surface area contributed by atoms with Crippen molar-refractivity contribution in [2.75, 3.05) is 6.61 Å². The molecule has 0 N–H and O–H groups in total. The molecule has 0 fully saturated rings. The molecule has 0 bridgehead atoms. The number of nitro groups is 1. The summed E-state index contributed by atoms with van der Waals surface area (Å²) in [6.45, 7) is 5.82. The SMILES string of the molecule is CCOC(=O)/C=C/c1cc(C)c(Oc2ccc([N+](=O)[O-])cn2)c(C)c1. The number of hydrogen-bond donors (Lipinski definition) is 0. The molecule has 1 aromatic heterocycles. The van der Waals surface area contributed by atoms with Crippen molar-refractivity contribution in [2.24, 2.45) is 0 Å². The number of aromatic nitrogens is 1. The highest BCUT2D eigenvalue weighted by Gasteiger charge is 2.10. The molecule has 0 amide bonds. The minimum Gasteiger partial charge on any atom is -0.463 e. The Bertz CT molecular complexity index is 790. The smallest absolute Gasteiger partial charge is 0.330 e. The van der Waals surface area contributed by atoms with Crippen LogP contribution in [0.15, 0.2) is 36.5 Å². The lowest BCUT2D eigenvalue weighted by molar-refractivity contribution is -0.385. The summed E-state index contributed by atoms with van der Waals surface area (Å²) in [6, 6.07) is 6.52. The summed E-state index contributed by atoms with van der Waals surface area (Å²) in [4.78, 5) is 25.5. The van der Waals surface area contributed by atoms with Gasteiger partial charge in [0.1, 0.15) is 11.9 Å². The van der Waals surface area contributed by atoms with Gasteiger partial charge in [-0.2, -0.15) is 0 Å². The Morgan fingerprint density at radius 1 is 1.28 bits per heavy atom. The molecule has 0 unspecified atom stereocenters. The number of carbonyl (C=O) groups excluding carboxylic acids is 1. The lowest BCUT2D eigenvalue weighted by Crippen LogP contribution is -1.99. The number of nitrogens with zero attached hydrogens (tertiary/aromatic N) is 2. The number of aryl methyl sites for hydroxylation is 2. The highest BCUT2D eigenvalue weighted by atomic mass is 16.6. The highest BCUT2D eigenvalue weighted by molar-refractivity contribution is 5.87. The van der Waals surface area contributed by atoms with E-state index in [1.165, 1.54) is 18.2 Å². The quantitative estimate of drug-likeness (QED) is 0.341. The van der Waals surface area contributed by atoms with Crippen LogP contribution in [0.2, 0.25) is 0 Å². The molecule has 7 heteroatoms. The number of rotatable bonds is 6. The predicted octanol–water partition coefficient (Wildman–Crippen LogP) is 3.98. The molecule has 0 radical (unpaired) electrons. The van der Waals surface area contributed by atoms with Crippen LogP contribution in [0.25, 0.3) is 6.08 Å². The molecule has 2 rings (SSSR count). The summed E-state index contributed by atoms with van der Waals surface area (Å²) in [7, 11) is 0. The van der Waals surface area contributed by atoms with Crippen LogP contribution in [0.5, 0.6) is 11.6 Å². The van der Waals surface area contributed by atoms with Crippen LogP contribution in [0.4, 0.5) is 5.69 Å². The monoisotopic (exact) mass is 342 g/mol. The molecular formula is C18H18N2O5. The lowest BCUT2D eigenvalue weighted by Gasteiger charge is -2.12. The van der Waals surface area contributed by atoms with Crippen LogP contribution < -0.4 is 4.74 Å². The van der Waals surface area contributed by atoms with Crippen LogP contribution in [0.1, 0.15) is 23.6 Å². The molecule has 0 atom stereocenters. The second kappa shape index (κ2) is 8.05. The van der Waals surface area contributed by atoms with Crippen molar-refractivity contribution in [3.63, 3.8) is 0 Å². The number of hydrogen-bond acceptors (Lipinski definition) is 6. The Labute approximate surface area is 145 Å². The van der Waals surface area contributed by atoms with Crippen molar-refractivity contribution in [3.05, 3.63) is 63.3 Å². The van der Waals surface area contributed by atoms with E-state index in [-0.39, 0.29) is 11.6 Å². The Kier molecular flexibility index (Phi) is 5.84. The summed E-state index contributed by atoms with van der Waals surface area (Å²) in [6.07, 6.45) is 4.19.